The van der Waals surface area contributed by atoms with Crippen LogP contribution in [0.5, 0.6) is 0 Å². The lowest BCUT2D eigenvalue weighted by atomic mass is 9.99. The zero-order chi connectivity index (χ0) is 16.1. The smallest absolute Gasteiger partial charge is 0.0558 e. The van der Waals surface area contributed by atoms with Crippen LogP contribution in [-0.4, -0.2) is 48.8 Å². The molecule has 1 heterocycles. The molecule has 2 N–H and O–H groups in total. The van der Waals surface area contributed by atoms with Crippen molar-refractivity contribution in [2.75, 3.05) is 32.8 Å². The number of halogens is 1. The Morgan fingerprint density at radius 3 is 2.35 bits per heavy atom. The van der Waals surface area contributed by atoms with Crippen molar-refractivity contribution in [2.45, 2.75) is 12.5 Å². The standard InChI is InChI=1S/C19H23ClN2O/c20-18-7-5-17(6-8-18)16-3-1-15(2-4-16)13-19-14-21-9-10-22(19)11-12-23/h1-8,19,21,23H,9-14H2. The van der Waals surface area contributed by atoms with E-state index in [0.29, 0.717) is 6.04 Å². The number of β-amino-alcohol motifs (C(OH)–C–C–N with tert-alkyl or cyclic N) is 1. The number of aliphatic hydroxyl groups excluding tert-OH is 1. The monoisotopic (exact) mass is 330 g/mol. The van der Waals surface area contributed by atoms with Gasteiger partial charge in [-0.05, 0) is 35.2 Å². The molecule has 1 aliphatic rings. The van der Waals surface area contributed by atoms with Crippen molar-refractivity contribution in [3.63, 3.8) is 0 Å². The number of nitrogens with one attached hydrogen (secondary N) is 1. The Morgan fingerprint density at radius 1 is 1.04 bits per heavy atom. The van der Waals surface area contributed by atoms with Gasteiger partial charge >= 0.3 is 0 Å². The Bertz CT molecular complexity index is 610. The van der Waals surface area contributed by atoms with Crippen LogP contribution < -0.4 is 5.32 Å². The fourth-order valence-corrected chi connectivity index (χ4v) is 3.30. The molecular weight excluding hydrogens is 308 g/mol. The minimum atomic E-state index is 0.228. The van der Waals surface area contributed by atoms with Gasteiger partial charge in [-0.25, -0.2) is 0 Å². The first kappa shape index (κ1) is 16.5. The number of piperazine rings is 1. The molecule has 3 rings (SSSR count). The topological polar surface area (TPSA) is 35.5 Å². The molecule has 0 bridgehead atoms. The molecule has 4 heteroatoms. The minimum Gasteiger partial charge on any atom is -0.395 e. The molecule has 1 atom stereocenters. The average Bonchev–Trinajstić information content (AvgIpc) is 2.58. The molecule has 0 saturated carbocycles. The Balaban J connectivity index is 1.68. The molecule has 0 spiro atoms. The van der Waals surface area contributed by atoms with Gasteiger partial charge in [-0.1, -0.05) is 48.0 Å². The number of aliphatic hydroxyl groups is 1. The van der Waals surface area contributed by atoms with E-state index in [9.17, 15) is 5.11 Å². The molecule has 2 aromatic rings. The molecule has 1 saturated heterocycles. The summed E-state index contributed by atoms with van der Waals surface area (Å²) >= 11 is 5.94. The van der Waals surface area contributed by atoms with Crippen LogP contribution in [0, 0.1) is 0 Å². The van der Waals surface area contributed by atoms with E-state index in [4.69, 9.17) is 11.6 Å². The highest BCUT2D eigenvalue weighted by molar-refractivity contribution is 6.30. The molecule has 23 heavy (non-hydrogen) atoms. The van der Waals surface area contributed by atoms with Gasteiger partial charge in [-0.2, -0.15) is 0 Å². The third kappa shape index (κ3) is 4.33. The van der Waals surface area contributed by atoms with Gasteiger partial charge in [-0.3, -0.25) is 4.90 Å². The molecule has 3 nitrogen and oxygen atoms in total. The van der Waals surface area contributed by atoms with E-state index >= 15 is 0 Å². The number of nitrogens with zero attached hydrogens (tertiary/aromatic N) is 1. The quantitative estimate of drug-likeness (QED) is 0.885. The van der Waals surface area contributed by atoms with Gasteiger partial charge in [0.2, 0.25) is 0 Å². The van der Waals surface area contributed by atoms with E-state index in [0.717, 1.165) is 37.6 Å². The van der Waals surface area contributed by atoms with E-state index < -0.39 is 0 Å². The minimum absolute atomic E-state index is 0.228. The first-order chi connectivity index (χ1) is 11.3. The van der Waals surface area contributed by atoms with Crippen LogP contribution in [0.2, 0.25) is 5.02 Å². The predicted octanol–water partition coefficient (Wildman–Crippen LogP) is 2.82. The summed E-state index contributed by atoms with van der Waals surface area (Å²) in [6.45, 7) is 3.99. The number of rotatable bonds is 5. The number of hydrogen-bond donors (Lipinski definition) is 2. The van der Waals surface area contributed by atoms with Crippen molar-refractivity contribution in [1.82, 2.24) is 10.2 Å². The zero-order valence-corrected chi connectivity index (χ0v) is 14.0. The second-order valence-corrected chi connectivity index (χ2v) is 6.46. The van der Waals surface area contributed by atoms with Gasteiger partial charge in [0.15, 0.2) is 0 Å². The molecule has 0 aliphatic carbocycles. The summed E-state index contributed by atoms with van der Waals surface area (Å²) in [4.78, 5) is 2.38. The van der Waals surface area contributed by atoms with Crippen LogP contribution in [0.4, 0.5) is 0 Å². The molecule has 0 radical (unpaired) electrons. The zero-order valence-electron chi connectivity index (χ0n) is 13.2. The second-order valence-electron chi connectivity index (χ2n) is 6.03. The van der Waals surface area contributed by atoms with Crippen molar-refractivity contribution in [2.24, 2.45) is 0 Å². The molecule has 122 valence electrons. The molecule has 2 aromatic carbocycles. The second kappa shape index (κ2) is 7.93. The van der Waals surface area contributed by atoms with Crippen molar-refractivity contribution < 1.29 is 5.11 Å². The van der Waals surface area contributed by atoms with Gasteiger partial charge in [-0.15, -0.1) is 0 Å². The van der Waals surface area contributed by atoms with Crippen molar-refractivity contribution in [3.05, 3.63) is 59.1 Å². The maximum Gasteiger partial charge on any atom is 0.0558 e. The van der Waals surface area contributed by atoms with Gasteiger partial charge in [0, 0.05) is 37.2 Å². The normalized spacial score (nSPS) is 19.0. The summed E-state index contributed by atoms with van der Waals surface area (Å²) in [5.74, 6) is 0. The van der Waals surface area contributed by atoms with E-state index in [1.54, 1.807) is 0 Å². The SMILES string of the molecule is OCCN1CCNCC1Cc1ccc(-c2ccc(Cl)cc2)cc1. The molecule has 1 aliphatic heterocycles. The van der Waals surface area contributed by atoms with Crippen LogP contribution in [0.15, 0.2) is 48.5 Å². The summed E-state index contributed by atoms with van der Waals surface area (Å²) in [6, 6.07) is 17.1. The van der Waals surface area contributed by atoms with Crippen molar-refractivity contribution in [3.8, 4) is 11.1 Å². The number of benzene rings is 2. The lowest BCUT2D eigenvalue weighted by Gasteiger charge is -2.36. The molecule has 0 amide bonds. The molecular formula is C19H23ClN2O. The van der Waals surface area contributed by atoms with Gasteiger partial charge in [0.1, 0.15) is 0 Å². The van der Waals surface area contributed by atoms with Gasteiger partial charge in [0.25, 0.3) is 0 Å². The first-order valence-electron chi connectivity index (χ1n) is 8.17. The maximum atomic E-state index is 9.21. The Morgan fingerprint density at radius 2 is 1.70 bits per heavy atom. The van der Waals surface area contributed by atoms with Crippen molar-refractivity contribution >= 4 is 11.6 Å². The van der Waals surface area contributed by atoms with Gasteiger partial charge in [0.05, 0.1) is 6.61 Å². The molecule has 0 aromatic heterocycles. The third-order valence-electron chi connectivity index (χ3n) is 4.46. The fourth-order valence-electron chi connectivity index (χ4n) is 3.17. The summed E-state index contributed by atoms with van der Waals surface area (Å²) < 4.78 is 0. The van der Waals surface area contributed by atoms with Gasteiger partial charge < -0.3 is 10.4 Å². The maximum absolute atomic E-state index is 9.21. The largest absolute Gasteiger partial charge is 0.395 e. The van der Waals surface area contributed by atoms with E-state index in [2.05, 4.69) is 34.5 Å². The van der Waals surface area contributed by atoms with Crippen molar-refractivity contribution in [1.29, 1.82) is 0 Å². The highest BCUT2D eigenvalue weighted by Gasteiger charge is 2.21. The number of hydrogen-bond acceptors (Lipinski definition) is 3. The average molecular weight is 331 g/mol. The van der Waals surface area contributed by atoms with Crippen LogP contribution in [0.25, 0.3) is 11.1 Å². The Labute approximate surface area is 142 Å². The van der Waals surface area contributed by atoms with Crippen LogP contribution in [0.3, 0.4) is 0 Å². The van der Waals surface area contributed by atoms with Crippen LogP contribution in [0.1, 0.15) is 5.56 Å². The van der Waals surface area contributed by atoms with Crippen LogP contribution in [-0.2, 0) is 6.42 Å². The third-order valence-corrected chi connectivity index (χ3v) is 4.71. The summed E-state index contributed by atoms with van der Waals surface area (Å²) in [7, 11) is 0. The highest BCUT2D eigenvalue weighted by Crippen LogP contribution is 2.22. The van der Waals surface area contributed by atoms with E-state index in [1.165, 1.54) is 16.7 Å². The van der Waals surface area contributed by atoms with Crippen LogP contribution >= 0.6 is 11.6 Å². The Kier molecular flexibility index (Phi) is 5.68. The Hall–Kier alpha value is -1.39. The van der Waals surface area contributed by atoms with E-state index in [1.807, 2.05) is 24.3 Å². The lowest BCUT2D eigenvalue weighted by Crippen LogP contribution is -2.52. The fraction of sp³-hybridized carbons (Fsp3) is 0.368. The summed E-state index contributed by atoms with van der Waals surface area (Å²) in [5.41, 5.74) is 3.72. The first-order valence-corrected chi connectivity index (χ1v) is 8.54. The summed E-state index contributed by atoms with van der Waals surface area (Å²) in [6.07, 6.45) is 1.01. The molecule has 1 unspecified atom stereocenters. The van der Waals surface area contributed by atoms with E-state index in [-0.39, 0.29) is 6.61 Å². The lowest BCUT2D eigenvalue weighted by molar-refractivity contribution is 0.126. The predicted molar refractivity (Wildman–Crippen MR) is 95.9 cm³/mol. The molecule has 1 fully saturated rings. The highest BCUT2D eigenvalue weighted by atomic mass is 35.5. The summed E-state index contributed by atoms with van der Waals surface area (Å²) in [5, 5.41) is 13.4.